The Morgan fingerprint density at radius 2 is 1.60 bits per heavy atom. The van der Waals surface area contributed by atoms with E-state index in [1.54, 1.807) is 12.1 Å². The molecule has 3 aromatic carbocycles. The monoisotopic (exact) mass is 470 g/mol. The number of benzene rings is 3. The number of carboxylic acid groups (broad SMARTS) is 1. The van der Waals surface area contributed by atoms with Gasteiger partial charge in [0.15, 0.2) is 0 Å². The number of nitrogens with zero attached hydrogens (tertiary/aromatic N) is 1. The molecule has 1 aromatic heterocycles. The van der Waals surface area contributed by atoms with Crippen LogP contribution in [0.3, 0.4) is 0 Å². The molecule has 0 saturated heterocycles. The van der Waals surface area contributed by atoms with E-state index in [1.807, 2.05) is 54.6 Å². The molecule has 0 spiro atoms. The Bertz CT molecular complexity index is 1360. The summed E-state index contributed by atoms with van der Waals surface area (Å²) in [6.45, 7) is 0. The number of ether oxygens (including phenoxy) is 1. The molecule has 0 aliphatic heterocycles. The molecule has 4 aromatic rings. The van der Waals surface area contributed by atoms with E-state index in [0.717, 1.165) is 16.7 Å². The van der Waals surface area contributed by atoms with Crippen molar-refractivity contribution in [3.8, 4) is 28.1 Å². The number of nitrogens with one attached hydrogen (secondary N) is 1. The number of carbonyl (C=O) groups excluding carboxylic acids is 1. The zero-order chi connectivity index (χ0) is 24.8. The summed E-state index contributed by atoms with van der Waals surface area (Å²) in [6, 6.07) is 25.3. The van der Waals surface area contributed by atoms with Gasteiger partial charge in [0.2, 0.25) is 0 Å². The van der Waals surface area contributed by atoms with Gasteiger partial charge in [-0.2, -0.15) is 0 Å². The predicted molar refractivity (Wildman–Crippen MR) is 131 cm³/mol. The Kier molecular flexibility index (Phi) is 7.16. The molecule has 6 nitrogen and oxygen atoms in total. The molecule has 0 saturated carbocycles. The maximum Gasteiger partial charge on any atom is 0.305 e. The summed E-state index contributed by atoms with van der Waals surface area (Å²) in [5.74, 6) is -1.91. The Morgan fingerprint density at radius 1 is 0.914 bits per heavy atom. The second-order valence-corrected chi connectivity index (χ2v) is 7.84. The fourth-order valence-corrected chi connectivity index (χ4v) is 3.82. The van der Waals surface area contributed by atoms with E-state index in [0.29, 0.717) is 11.4 Å². The van der Waals surface area contributed by atoms with Crippen molar-refractivity contribution in [2.45, 2.75) is 12.5 Å². The van der Waals surface area contributed by atoms with Crippen LogP contribution in [-0.4, -0.2) is 29.1 Å². The molecule has 2 N–H and O–H groups in total. The number of methoxy groups -OCH3 is 1. The van der Waals surface area contributed by atoms with Crippen molar-refractivity contribution in [2.24, 2.45) is 0 Å². The number of pyridine rings is 1. The molecule has 0 fully saturated rings. The van der Waals surface area contributed by atoms with Gasteiger partial charge in [0, 0.05) is 11.1 Å². The van der Waals surface area contributed by atoms with Crippen molar-refractivity contribution in [1.82, 2.24) is 10.3 Å². The van der Waals surface area contributed by atoms with Gasteiger partial charge in [-0.25, -0.2) is 9.37 Å². The Balaban J connectivity index is 1.67. The molecule has 4 rings (SSSR count). The SMILES string of the molecule is COc1ccc(C(=O)N[C@@H](CC(=O)O)c2ccccc2F)nc1-c1cccc(-c2ccccc2)c1. The first-order valence-electron chi connectivity index (χ1n) is 10.9. The number of carboxylic acids is 1. The minimum Gasteiger partial charge on any atom is -0.494 e. The lowest BCUT2D eigenvalue weighted by Gasteiger charge is -2.18. The van der Waals surface area contributed by atoms with Gasteiger partial charge in [-0.05, 0) is 35.4 Å². The number of rotatable bonds is 8. The van der Waals surface area contributed by atoms with E-state index in [1.165, 1.54) is 31.4 Å². The molecule has 0 unspecified atom stereocenters. The van der Waals surface area contributed by atoms with Crippen molar-refractivity contribution >= 4 is 11.9 Å². The van der Waals surface area contributed by atoms with Crippen LogP contribution in [-0.2, 0) is 4.79 Å². The average molecular weight is 471 g/mol. The third-order valence-corrected chi connectivity index (χ3v) is 5.52. The van der Waals surface area contributed by atoms with Crippen LogP contribution in [0.15, 0.2) is 91.0 Å². The molecule has 1 heterocycles. The largest absolute Gasteiger partial charge is 0.494 e. The average Bonchev–Trinajstić information content (AvgIpc) is 2.88. The number of hydrogen-bond acceptors (Lipinski definition) is 4. The third-order valence-electron chi connectivity index (χ3n) is 5.52. The van der Waals surface area contributed by atoms with Crippen LogP contribution in [0.2, 0.25) is 0 Å². The second kappa shape index (κ2) is 10.6. The van der Waals surface area contributed by atoms with E-state index in [9.17, 15) is 19.1 Å². The van der Waals surface area contributed by atoms with Gasteiger partial charge in [-0.1, -0.05) is 66.7 Å². The van der Waals surface area contributed by atoms with Crippen LogP contribution < -0.4 is 10.1 Å². The van der Waals surface area contributed by atoms with Crippen LogP contribution >= 0.6 is 0 Å². The van der Waals surface area contributed by atoms with E-state index in [2.05, 4.69) is 10.3 Å². The van der Waals surface area contributed by atoms with Crippen LogP contribution in [0.25, 0.3) is 22.4 Å². The zero-order valence-corrected chi connectivity index (χ0v) is 18.9. The van der Waals surface area contributed by atoms with Gasteiger partial charge in [-0.3, -0.25) is 9.59 Å². The lowest BCUT2D eigenvalue weighted by molar-refractivity contribution is -0.137. The summed E-state index contributed by atoms with van der Waals surface area (Å²) < 4.78 is 19.8. The molecule has 0 radical (unpaired) electrons. The fourth-order valence-electron chi connectivity index (χ4n) is 3.82. The van der Waals surface area contributed by atoms with Crippen LogP contribution in [0, 0.1) is 5.82 Å². The summed E-state index contributed by atoms with van der Waals surface area (Å²) in [7, 11) is 1.52. The molecular weight excluding hydrogens is 447 g/mol. The van der Waals surface area contributed by atoms with E-state index < -0.39 is 30.2 Å². The van der Waals surface area contributed by atoms with E-state index in [4.69, 9.17) is 4.74 Å². The number of amides is 1. The summed E-state index contributed by atoms with van der Waals surface area (Å²) in [4.78, 5) is 29.0. The second-order valence-electron chi connectivity index (χ2n) is 7.84. The van der Waals surface area contributed by atoms with Gasteiger partial charge < -0.3 is 15.2 Å². The quantitative estimate of drug-likeness (QED) is 0.355. The zero-order valence-electron chi connectivity index (χ0n) is 18.9. The molecular formula is C28H23FN2O4. The van der Waals surface area contributed by atoms with Crippen molar-refractivity contribution in [1.29, 1.82) is 0 Å². The molecule has 176 valence electrons. The van der Waals surface area contributed by atoms with Crippen molar-refractivity contribution in [3.63, 3.8) is 0 Å². The highest BCUT2D eigenvalue weighted by molar-refractivity contribution is 5.94. The number of hydrogen-bond donors (Lipinski definition) is 2. The van der Waals surface area contributed by atoms with Gasteiger partial charge in [-0.15, -0.1) is 0 Å². The molecule has 0 bridgehead atoms. The minimum absolute atomic E-state index is 0.0534. The number of carbonyl (C=O) groups is 2. The smallest absolute Gasteiger partial charge is 0.305 e. The van der Waals surface area contributed by atoms with E-state index >= 15 is 0 Å². The number of aromatic nitrogens is 1. The Morgan fingerprint density at radius 3 is 2.31 bits per heavy atom. The molecule has 1 atom stereocenters. The lowest BCUT2D eigenvalue weighted by atomic mass is 10.0. The van der Waals surface area contributed by atoms with Crippen molar-refractivity contribution < 1.29 is 23.8 Å². The molecule has 35 heavy (non-hydrogen) atoms. The summed E-state index contributed by atoms with van der Waals surface area (Å²) in [6.07, 6.45) is -0.477. The van der Waals surface area contributed by atoms with Gasteiger partial charge >= 0.3 is 5.97 Å². The Hall–Kier alpha value is -4.52. The molecule has 7 heteroatoms. The third kappa shape index (κ3) is 5.52. The molecule has 1 amide bonds. The Labute approximate surface area is 202 Å². The minimum atomic E-state index is -1.17. The first kappa shape index (κ1) is 23.6. The first-order valence-corrected chi connectivity index (χ1v) is 10.9. The molecule has 0 aliphatic rings. The first-order chi connectivity index (χ1) is 17.0. The maximum atomic E-state index is 14.3. The predicted octanol–water partition coefficient (Wildman–Crippen LogP) is 5.51. The van der Waals surface area contributed by atoms with Gasteiger partial charge in [0.05, 0.1) is 19.6 Å². The van der Waals surface area contributed by atoms with Gasteiger partial charge in [0.25, 0.3) is 5.91 Å². The van der Waals surface area contributed by atoms with Crippen LogP contribution in [0.1, 0.15) is 28.5 Å². The number of aliphatic carboxylic acids is 1. The molecule has 0 aliphatic carbocycles. The highest BCUT2D eigenvalue weighted by atomic mass is 19.1. The van der Waals surface area contributed by atoms with Crippen LogP contribution in [0.4, 0.5) is 4.39 Å². The van der Waals surface area contributed by atoms with Crippen molar-refractivity contribution in [2.75, 3.05) is 7.11 Å². The normalized spacial score (nSPS) is 11.5. The number of halogens is 1. The van der Waals surface area contributed by atoms with Crippen LogP contribution in [0.5, 0.6) is 5.75 Å². The highest BCUT2D eigenvalue weighted by Crippen LogP contribution is 2.31. The highest BCUT2D eigenvalue weighted by Gasteiger charge is 2.23. The fraction of sp³-hybridized carbons (Fsp3) is 0.107. The summed E-state index contributed by atoms with van der Waals surface area (Å²) >= 11 is 0. The maximum absolute atomic E-state index is 14.3. The lowest BCUT2D eigenvalue weighted by Crippen LogP contribution is -2.31. The topological polar surface area (TPSA) is 88.5 Å². The van der Waals surface area contributed by atoms with Crippen molar-refractivity contribution in [3.05, 3.63) is 108 Å². The summed E-state index contributed by atoms with van der Waals surface area (Å²) in [5.41, 5.74) is 3.35. The standard InChI is InChI=1S/C28H23FN2O4/c1-35-25-15-14-23(28(34)31-24(17-26(32)33)21-12-5-6-13-22(21)29)30-27(25)20-11-7-10-19(16-20)18-8-3-2-4-9-18/h2-16,24H,17H2,1H3,(H,31,34)(H,32,33)/t24-/m0/s1. The van der Waals surface area contributed by atoms with E-state index in [-0.39, 0.29) is 11.3 Å². The summed E-state index contributed by atoms with van der Waals surface area (Å²) in [5, 5.41) is 11.9. The van der Waals surface area contributed by atoms with Gasteiger partial charge in [0.1, 0.15) is 23.0 Å².